The van der Waals surface area contributed by atoms with Gasteiger partial charge in [0.2, 0.25) is 0 Å². The van der Waals surface area contributed by atoms with E-state index in [2.05, 4.69) is 25.4 Å². The Hall–Kier alpha value is -1.76. The van der Waals surface area contributed by atoms with E-state index in [9.17, 15) is 5.11 Å². The van der Waals surface area contributed by atoms with Crippen LogP contribution in [-0.4, -0.2) is 49.8 Å². The van der Waals surface area contributed by atoms with Gasteiger partial charge in [0.1, 0.15) is 0 Å². The van der Waals surface area contributed by atoms with E-state index in [0.717, 1.165) is 31.7 Å². The maximum atomic E-state index is 9.24. The standard InChI is InChI=1S/C10H14N6O/c17-7-8-2-1-3-15(6-8)10-5-11-4-9-12-13-14-16(9)10/h4-5,8,17H,1-3,6-7H2. The lowest BCUT2D eigenvalue weighted by atomic mass is 9.99. The molecule has 1 unspecified atom stereocenters. The topological polar surface area (TPSA) is 79.4 Å². The zero-order chi connectivity index (χ0) is 11.7. The molecule has 3 rings (SSSR count). The zero-order valence-electron chi connectivity index (χ0n) is 9.40. The Morgan fingerprint density at radius 1 is 1.41 bits per heavy atom. The monoisotopic (exact) mass is 234 g/mol. The van der Waals surface area contributed by atoms with Crippen molar-refractivity contribution in [1.29, 1.82) is 0 Å². The van der Waals surface area contributed by atoms with Gasteiger partial charge in [-0.1, -0.05) is 0 Å². The molecular weight excluding hydrogens is 220 g/mol. The van der Waals surface area contributed by atoms with Gasteiger partial charge in [0.25, 0.3) is 0 Å². The molecule has 0 radical (unpaired) electrons. The molecule has 3 heterocycles. The third-order valence-corrected chi connectivity index (χ3v) is 3.19. The summed E-state index contributed by atoms with van der Waals surface area (Å²) < 4.78 is 1.69. The number of nitrogens with zero attached hydrogens (tertiary/aromatic N) is 6. The summed E-state index contributed by atoms with van der Waals surface area (Å²) in [4.78, 5) is 6.32. The van der Waals surface area contributed by atoms with Gasteiger partial charge in [-0.3, -0.25) is 4.98 Å². The van der Waals surface area contributed by atoms with E-state index < -0.39 is 0 Å². The Morgan fingerprint density at radius 2 is 2.35 bits per heavy atom. The van der Waals surface area contributed by atoms with E-state index in [-0.39, 0.29) is 6.61 Å². The Balaban J connectivity index is 1.94. The highest BCUT2D eigenvalue weighted by atomic mass is 16.3. The molecule has 0 spiro atoms. The van der Waals surface area contributed by atoms with E-state index in [1.54, 1.807) is 16.9 Å². The predicted octanol–water partition coefficient (Wildman–Crippen LogP) is -0.272. The number of aliphatic hydroxyl groups excluding tert-OH is 1. The fraction of sp³-hybridized carbons (Fsp3) is 0.600. The molecule has 2 aromatic rings. The summed E-state index contributed by atoms with van der Waals surface area (Å²) in [7, 11) is 0. The van der Waals surface area contributed by atoms with Crippen LogP contribution < -0.4 is 4.90 Å². The van der Waals surface area contributed by atoms with E-state index in [0.29, 0.717) is 11.6 Å². The van der Waals surface area contributed by atoms with Crippen LogP contribution in [-0.2, 0) is 0 Å². The van der Waals surface area contributed by atoms with Crippen molar-refractivity contribution in [1.82, 2.24) is 25.0 Å². The van der Waals surface area contributed by atoms with Gasteiger partial charge in [0.15, 0.2) is 11.5 Å². The predicted molar refractivity (Wildman–Crippen MR) is 60.6 cm³/mol. The normalized spacial score (nSPS) is 21.0. The quantitative estimate of drug-likeness (QED) is 0.770. The fourth-order valence-corrected chi connectivity index (χ4v) is 2.30. The van der Waals surface area contributed by atoms with Gasteiger partial charge in [-0.05, 0) is 29.2 Å². The number of piperidine rings is 1. The van der Waals surface area contributed by atoms with Gasteiger partial charge < -0.3 is 10.0 Å². The van der Waals surface area contributed by atoms with Crippen molar-refractivity contribution in [2.24, 2.45) is 5.92 Å². The second kappa shape index (κ2) is 4.25. The SMILES string of the molecule is OCC1CCCN(c2cncc3nnnn23)C1. The van der Waals surface area contributed by atoms with Gasteiger partial charge >= 0.3 is 0 Å². The minimum absolute atomic E-state index is 0.232. The molecule has 0 aliphatic carbocycles. The lowest BCUT2D eigenvalue weighted by Crippen LogP contribution is -2.38. The first-order valence-corrected chi connectivity index (χ1v) is 5.76. The molecule has 0 amide bonds. The van der Waals surface area contributed by atoms with Gasteiger partial charge in [-0.15, -0.1) is 5.10 Å². The van der Waals surface area contributed by atoms with Crippen molar-refractivity contribution in [3.8, 4) is 0 Å². The molecule has 0 saturated carbocycles. The summed E-state index contributed by atoms with van der Waals surface area (Å²) in [5.74, 6) is 1.22. The van der Waals surface area contributed by atoms with Crippen LogP contribution in [0.3, 0.4) is 0 Å². The van der Waals surface area contributed by atoms with Crippen LogP contribution in [0.4, 0.5) is 5.82 Å². The average molecular weight is 234 g/mol. The molecule has 17 heavy (non-hydrogen) atoms. The second-order valence-electron chi connectivity index (χ2n) is 4.35. The summed E-state index contributed by atoms with van der Waals surface area (Å²) in [5.41, 5.74) is 0.647. The first-order valence-electron chi connectivity index (χ1n) is 5.76. The highest BCUT2D eigenvalue weighted by molar-refractivity contribution is 5.46. The Morgan fingerprint density at radius 3 is 3.24 bits per heavy atom. The summed E-state index contributed by atoms with van der Waals surface area (Å²) in [6.07, 6.45) is 5.55. The van der Waals surface area contributed by atoms with E-state index in [4.69, 9.17) is 0 Å². The summed E-state index contributed by atoms with van der Waals surface area (Å²) in [5, 5.41) is 20.7. The lowest BCUT2D eigenvalue weighted by Gasteiger charge is -2.32. The van der Waals surface area contributed by atoms with Crippen LogP contribution in [0.15, 0.2) is 12.4 Å². The van der Waals surface area contributed by atoms with Crippen molar-refractivity contribution >= 4 is 11.5 Å². The summed E-state index contributed by atoms with van der Waals surface area (Å²) in [6.45, 7) is 2.02. The maximum absolute atomic E-state index is 9.24. The van der Waals surface area contributed by atoms with Crippen LogP contribution >= 0.6 is 0 Å². The van der Waals surface area contributed by atoms with Crippen LogP contribution in [0.5, 0.6) is 0 Å². The molecule has 1 atom stereocenters. The van der Waals surface area contributed by atoms with Gasteiger partial charge in [0.05, 0.1) is 12.4 Å². The molecule has 7 nitrogen and oxygen atoms in total. The number of aliphatic hydroxyl groups is 1. The largest absolute Gasteiger partial charge is 0.396 e. The molecule has 1 fully saturated rings. The molecular formula is C10H14N6O. The molecule has 1 aliphatic heterocycles. The van der Waals surface area contributed by atoms with Crippen LogP contribution in [0.1, 0.15) is 12.8 Å². The number of anilines is 1. The van der Waals surface area contributed by atoms with Gasteiger partial charge in [-0.25, -0.2) is 0 Å². The van der Waals surface area contributed by atoms with Crippen molar-refractivity contribution in [3.63, 3.8) is 0 Å². The summed E-state index contributed by atoms with van der Waals surface area (Å²) >= 11 is 0. The second-order valence-corrected chi connectivity index (χ2v) is 4.35. The third kappa shape index (κ3) is 1.82. The molecule has 1 N–H and O–H groups in total. The van der Waals surface area contributed by atoms with Crippen molar-refractivity contribution in [3.05, 3.63) is 12.4 Å². The van der Waals surface area contributed by atoms with Gasteiger partial charge in [0, 0.05) is 19.7 Å². The fourth-order valence-electron chi connectivity index (χ4n) is 2.30. The molecule has 7 heteroatoms. The smallest absolute Gasteiger partial charge is 0.199 e. The van der Waals surface area contributed by atoms with Crippen molar-refractivity contribution in [2.45, 2.75) is 12.8 Å². The molecule has 1 aliphatic rings. The minimum atomic E-state index is 0.232. The first kappa shape index (κ1) is 10.4. The number of tetrazole rings is 1. The third-order valence-electron chi connectivity index (χ3n) is 3.19. The van der Waals surface area contributed by atoms with Crippen LogP contribution in [0.2, 0.25) is 0 Å². The number of hydrogen-bond donors (Lipinski definition) is 1. The van der Waals surface area contributed by atoms with Crippen molar-refractivity contribution in [2.75, 3.05) is 24.6 Å². The van der Waals surface area contributed by atoms with E-state index in [1.807, 2.05) is 0 Å². The molecule has 90 valence electrons. The number of aromatic nitrogens is 5. The Labute approximate surface area is 98.1 Å². The average Bonchev–Trinajstić information content (AvgIpc) is 2.87. The molecule has 0 aromatic carbocycles. The van der Waals surface area contributed by atoms with E-state index in [1.165, 1.54) is 0 Å². The van der Waals surface area contributed by atoms with E-state index >= 15 is 0 Å². The molecule has 0 bridgehead atoms. The Kier molecular flexibility index (Phi) is 2.60. The van der Waals surface area contributed by atoms with Crippen LogP contribution in [0.25, 0.3) is 5.65 Å². The number of hydrogen-bond acceptors (Lipinski definition) is 6. The highest BCUT2D eigenvalue weighted by Crippen LogP contribution is 2.21. The molecule has 1 saturated heterocycles. The highest BCUT2D eigenvalue weighted by Gasteiger charge is 2.21. The summed E-state index contributed by atoms with van der Waals surface area (Å²) in [6, 6.07) is 0. The van der Waals surface area contributed by atoms with Crippen molar-refractivity contribution < 1.29 is 5.11 Å². The first-order chi connectivity index (χ1) is 8.38. The van der Waals surface area contributed by atoms with Gasteiger partial charge in [-0.2, -0.15) is 4.52 Å². The minimum Gasteiger partial charge on any atom is -0.396 e. The Bertz CT molecular complexity index is 512. The van der Waals surface area contributed by atoms with Crippen LogP contribution in [0, 0.1) is 5.92 Å². The maximum Gasteiger partial charge on any atom is 0.199 e. The molecule has 2 aromatic heterocycles. The lowest BCUT2D eigenvalue weighted by molar-refractivity contribution is 0.208. The zero-order valence-corrected chi connectivity index (χ0v) is 9.40. The number of fused-ring (bicyclic) bond motifs is 1. The number of rotatable bonds is 2.